The van der Waals surface area contributed by atoms with E-state index in [1.807, 2.05) is 6.07 Å². The molecule has 6 nitrogen and oxygen atoms in total. The van der Waals surface area contributed by atoms with Crippen LogP contribution in [0.5, 0.6) is 0 Å². The Morgan fingerprint density at radius 3 is 2.30 bits per heavy atom. The first-order chi connectivity index (χ1) is 12.7. The van der Waals surface area contributed by atoms with Gasteiger partial charge >= 0.3 is 5.97 Å². The number of aromatic carboxylic acids is 1. The van der Waals surface area contributed by atoms with Gasteiger partial charge in [0, 0.05) is 6.54 Å². The third-order valence-electron chi connectivity index (χ3n) is 4.15. The van der Waals surface area contributed by atoms with Gasteiger partial charge in [-0.1, -0.05) is 24.3 Å². The fourth-order valence-corrected chi connectivity index (χ4v) is 3.58. The summed E-state index contributed by atoms with van der Waals surface area (Å²) in [6.07, 6.45) is 0.676. The molecule has 0 bridgehead atoms. The zero-order valence-corrected chi connectivity index (χ0v) is 16.1. The van der Waals surface area contributed by atoms with Crippen molar-refractivity contribution in [3.63, 3.8) is 0 Å². The van der Waals surface area contributed by atoms with Gasteiger partial charge < -0.3 is 10.4 Å². The van der Waals surface area contributed by atoms with Gasteiger partial charge in [-0.3, -0.25) is 4.79 Å². The molecule has 0 atom stereocenters. The minimum Gasteiger partial charge on any atom is -0.478 e. The molecule has 0 radical (unpaired) electrons. The Labute approximate surface area is 159 Å². The summed E-state index contributed by atoms with van der Waals surface area (Å²) >= 11 is 0. The van der Waals surface area contributed by atoms with Crippen LogP contribution in [0.15, 0.2) is 53.4 Å². The van der Waals surface area contributed by atoms with Gasteiger partial charge in [-0.2, -0.15) is 0 Å². The molecule has 7 heteroatoms. The monoisotopic (exact) mass is 389 g/mol. The van der Waals surface area contributed by atoms with Gasteiger partial charge in [-0.25, -0.2) is 13.2 Å². The fraction of sp³-hybridized carbons (Fsp3) is 0.300. The highest BCUT2D eigenvalue weighted by Crippen LogP contribution is 2.16. The number of benzene rings is 2. The van der Waals surface area contributed by atoms with E-state index in [1.165, 1.54) is 18.2 Å². The van der Waals surface area contributed by atoms with Crippen molar-refractivity contribution >= 4 is 21.7 Å². The maximum absolute atomic E-state index is 12.1. The number of hydrogen-bond donors (Lipinski definition) is 2. The number of rotatable bonds is 8. The Hall–Kier alpha value is -2.67. The Bertz CT molecular complexity index is 918. The Kier molecular flexibility index (Phi) is 6.74. The average Bonchev–Trinajstić information content (AvgIpc) is 2.62. The molecule has 27 heavy (non-hydrogen) atoms. The summed E-state index contributed by atoms with van der Waals surface area (Å²) in [6, 6.07) is 12.9. The second kappa shape index (κ2) is 8.81. The number of nitrogens with one attached hydrogen (secondary N) is 1. The summed E-state index contributed by atoms with van der Waals surface area (Å²) in [7, 11) is -3.32. The molecule has 0 spiro atoms. The zero-order chi connectivity index (χ0) is 20.0. The fourth-order valence-electron chi connectivity index (χ4n) is 2.52. The maximum Gasteiger partial charge on any atom is 0.335 e. The predicted octanol–water partition coefficient (Wildman–Crippen LogP) is 2.47. The van der Waals surface area contributed by atoms with E-state index < -0.39 is 21.1 Å². The molecule has 0 heterocycles. The largest absolute Gasteiger partial charge is 0.478 e. The first-order valence-corrected chi connectivity index (χ1v) is 10.2. The summed E-state index contributed by atoms with van der Waals surface area (Å²) in [6.45, 7) is 3.65. The van der Waals surface area contributed by atoms with E-state index in [4.69, 9.17) is 5.11 Å². The molecule has 2 aromatic rings. The lowest BCUT2D eigenvalue weighted by Gasteiger charge is -2.09. The van der Waals surface area contributed by atoms with Gasteiger partial charge in [0.25, 0.3) is 0 Å². The summed E-state index contributed by atoms with van der Waals surface area (Å²) in [4.78, 5) is 23.2. The highest BCUT2D eigenvalue weighted by atomic mass is 32.2. The molecule has 0 fully saturated rings. The molecule has 0 aliphatic carbocycles. The topological polar surface area (TPSA) is 101 Å². The summed E-state index contributed by atoms with van der Waals surface area (Å²) in [5, 5.41) is 11.3. The first kappa shape index (κ1) is 20.6. The Morgan fingerprint density at radius 2 is 1.70 bits per heavy atom. The Morgan fingerprint density at radius 1 is 1.04 bits per heavy atom. The summed E-state index contributed by atoms with van der Waals surface area (Å²) in [5.41, 5.74) is 1.77. The van der Waals surface area contributed by atoms with Crippen LogP contribution in [-0.4, -0.2) is 37.2 Å². The van der Waals surface area contributed by atoms with E-state index in [1.54, 1.807) is 38.1 Å². The van der Waals surface area contributed by atoms with Crippen LogP contribution in [-0.2, 0) is 27.5 Å². The maximum atomic E-state index is 12.1. The van der Waals surface area contributed by atoms with E-state index in [-0.39, 0.29) is 22.8 Å². The van der Waals surface area contributed by atoms with Crippen LogP contribution in [0.25, 0.3) is 0 Å². The normalized spacial score (nSPS) is 11.4. The molecule has 0 unspecified atom stereocenters. The van der Waals surface area contributed by atoms with Gasteiger partial charge in [-0.15, -0.1) is 0 Å². The van der Waals surface area contributed by atoms with Crippen LogP contribution in [0, 0.1) is 0 Å². The second-order valence-electron chi connectivity index (χ2n) is 6.52. The lowest BCUT2D eigenvalue weighted by Crippen LogP contribution is -2.27. The van der Waals surface area contributed by atoms with Crippen LogP contribution in [0.2, 0.25) is 0 Å². The number of carbonyl (C=O) groups excluding carboxylic acids is 1. The zero-order valence-electron chi connectivity index (χ0n) is 15.3. The Balaban J connectivity index is 1.87. The second-order valence-corrected chi connectivity index (χ2v) is 9.02. The van der Waals surface area contributed by atoms with Gasteiger partial charge in [0.2, 0.25) is 5.91 Å². The van der Waals surface area contributed by atoms with Gasteiger partial charge in [-0.05, 0) is 55.7 Å². The minimum atomic E-state index is -3.32. The van der Waals surface area contributed by atoms with Gasteiger partial charge in [0.05, 0.1) is 22.1 Å². The third-order valence-corrected chi connectivity index (χ3v) is 6.32. The number of carboxylic acid groups (broad SMARTS) is 1. The van der Waals surface area contributed by atoms with Crippen LogP contribution in [0.4, 0.5) is 0 Å². The number of amides is 1. The first-order valence-electron chi connectivity index (χ1n) is 8.62. The lowest BCUT2D eigenvalue weighted by atomic mass is 10.1. The standard InChI is InChI=1S/C20H23NO5S/c1-14(2)27(25,26)18-8-6-16(7-9-18)13-19(22)21-11-10-15-4-3-5-17(12-15)20(23)24/h3-9,12,14H,10-11,13H2,1-2H3,(H,21,22)(H,23,24). The van der Waals surface area contributed by atoms with Gasteiger partial charge in [0.15, 0.2) is 9.84 Å². The number of hydrogen-bond acceptors (Lipinski definition) is 4. The molecule has 0 aliphatic heterocycles. The van der Waals surface area contributed by atoms with Gasteiger partial charge in [0.1, 0.15) is 0 Å². The van der Waals surface area contributed by atoms with Crippen molar-refractivity contribution in [2.24, 2.45) is 0 Å². The van der Waals surface area contributed by atoms with Crippen molar-refractivity contribution in [3.05, 3.63) is 65.2 Å². The molecule has 0 saturated heterocycles. The SMILES string of the molecule is CC(C)S(=O)(=O)c1ccc(CC(=O)NCCc2cccc(C(=O)O)c2)cc1. The quantitative estimate of drug-likeness (QED) is 0.722. The number of carbonyl (C=O) groups is 2. The van der Waals surface area contributed by atoms with Crippen molar-refractivity contribution in [3.8, 4) is 0 Å². The number of carboxylic acids is 1. The highest BCUT2D eigenvalue weighted by molar-refractivity contribution is 7.92. The molecule has 0 saturated carbocycles. The summed E-state index contributed by atoms with van der Waals surface area (Å²) < 4.78 is 24.2. The van der Waals surface area contributed by atoms with Crippen LogP contribution in [0.3, 0.4) is 0 Å². The van der Waals surface area contributed by atoms with E-state index >= 15 is 0 Å². The van der Waals surface area contributed by atoms with E-state index in [0.717, 1.165) is 11.1 Å². The molecule has 0 aliphatic rings. The van der Waals surface area contributed by atoms with Crippen LogP contribution < -0.4 is 5.32 Å². The molecule has 2 N–H and O–H groups in total. The molecule has 0 aromatic heterocycles. The van der Waals surface area contributed by atoms with E-state index in [2.05, 4.69) is 5.32 Å². The minimum absolute atomic E-state index is 0.150. The highest BCUT2D eigenvalue weighted by Gasteiger charge is 2.18. The number of sulfone groups is 1. The van der Waals surface area contributed by atoms with Crippen molar-refractivity contribution in [1.29, 1.82) is 0 Å². The van der Waals surface area contributed by atoms with Crippen molar-refractivity contribution in [1.82, 2.24) is 5.32 Å². The van der Waals surface area contributed by atoms with Crippen LogP contribution in [0.1, 0.15) is 35.3 Å². The smallest absolute Gasteiger partial charge is 0.335 e. The third kappa shape index (κ3) is 5.65. The molecule has 144 valence electrons. The molecule has 1 amide bonds. The van der Waals surface area contributed by atoms with E-state index in [9.17, 15) is 18.0 Å². The van der Waals surface area contributed by atoms with Crippen molar-refractivity contribution < 1.29 is 23.1 Å². The van der Waals surface area contributed by atoms with Crippen molar-refractivity contribution in [2.45, 2.75) is 36.8 Å². The summed E-state index contributed by atoms with van der Waals surface area (Å²) in [5.74, 6) is -1.16. The van der Waals surface area contributed by atoms with E-state index in [0.29, 0.717) is 13.0 Å². The van der Waals surface area contributed by atoms with Crippen LogP contribution >= 0.6 is 0 Å². The lowest BCUT2D eigenvalue weighted by molar-refractivity contribution is -0.120. The molecular weight excluding hydrogens is 366 g/mol. The molecular formula is C20H23NO5S. The predicted molar refractivity (Wildman–Crippen MR) is 103 cm³/mol. The molecule has 2 aromatic carbocycles. The molecule has 2 rings (SSSR count). The van der Waals surface area contributed by atoms with Crippen molar-refractivity contribution in [2.75, 3.05) is 6.54 Å². The average molecular weight is 389 g/mol.